The molecule has 4 fully saturated rings. The van der Waals surface area contributed by atoms with E-state index in [0.717, 1.165) is 4.90 Å². The Morgan fingerprint density at radius 2 is 1.64 bits per heavy atom. The highest BCUT2D eigenvalue weighted by atomic mass is 19.4. The molecule has 4 aliphatic heterocycles. The van der Waals surface area contributed by atoms with E-state index in [0.29, 0.717) is 0 Å². The van der Waals surface area contributed by atoms with E-state index in [1.54, 1.807) is 62.4 Å². The molecular weight excluding hydrogens is 771 g/mol. The van der Waals surface area contributed by atoms with Crippen LogP contribution in [-0.2, 0) is 38.0 Å². The number of aliphatic hydroxyl groups is 4. The van der Waals surface area contributed by atoms with Crippen LogP contribution in [0.4, 0.5) is 13.2 Å². The van der Waals surface area contributed by atoms with Crippen molar-refractivity contribution in [2.45, 2.75) is 197 Å². The van der Waals surface area contributed by atoms with Gasteiger partial charge in [0.25, 0.3) is 0 Å². The molecule has 1 unspecified atom stereocenters. The van der Waals surface area contributed by atoms with E-state index < -0.39 is 120 Å². The summed E-state index contributed by atoms with van der Waals surface area (Å²) in [6.07, 6.45) is -16.4. The number of aliphatic hydroxyl groups excluding tert-OH is 1. The molecule has 0 saturated carbocycles. The highest BCUT2D eigenvalue weighted by Crippen LogP contribution is 2.45. The van der Waals surface area contributed by atoms with Crippen LogP contribution in [0.15, 0.2) is 0 Å². The number of carbonyl (C=O) groups is 1. The summed E-state index contributed by atoms with van der Waals surface area (Å²) in [5, 5.41) is 53.6. The van der Waals surface area contributed by atoms with Gasteiger partial charge < -0.3 is 64.2 Å². The van der Waals surface area contributed by atoms with E-state index in [1.165, 1.54) is 21.1 Å². The molecule has 0 spiro atoms. The predicted octanol–water partition coefficient (Wildman–Crippen LogP) is 2.44. The standard InChI is InChI=1S/C40H72F3N3O12/c1-14-27-38(10,50)31(47)24(6)45-18-20(2)16-36(8,49)32(58-34-30-26(15-21(3)53-34)46(12)35(57-30)40(41,42)43)22(4)29(23(5)33(48)55-27)56-28-17-37(9,52-13)39(51,19-44-11)25(7)54-28/h20-32,34-35,44-45,47,49-51H,14-19H2,1-13H3/t20-,21-,22+,23-,24-,25+,26+,27-,28+,29+,30-,31-,32-,34+,35?,36-,37-,38-,39+/m1/s1. The first-order valence-electron chi connectivity index (χ1n) is 20.7. The van der Waals surface area contributed by atoms with E-state index in [1.807, 2.05) is 6.92 Å². The number of esters is 1. The average Bonchev–Trinajstić information content (AvgIpc) is 3.47. The second-order valence-electron chi connectivity index (χ2n) is 18.3. The Morgan fingerprint density at radius 1 is 1.00 bits per heavy atom. The number of halogens is 3. The molecule has 0 radical (unpaired) electrons. The first-order chi connectivity index (χ1) is 26.7. The number of rotatable bonds is 8. The van der Waals surface area contributed by atoms with Gasteiger partial charge in [0.1, 0.15) is 35.1 Å². The summed E-state index contributed by atoms with van der Waals surface area (Å²) in [4.78, 5) is 15.4. The molecule has 6 N–H and O–H groups in total. The van der Waals surface area contributed by atoms with Crippen molar-refractivity contribution >= 4 is 5.97 Å². The molecular formula is C40H72F3N3O12. The number of alkyl halides is 3. The number of hydrogen-bond donors (Lipinski definition) is 6. The van der Waals surface area contributed by atoms with Crippen molar-refractivity contribution in [2.75, 3.05) is 34.3 Å². The van der Waals surface area contributed by atoms with Gasteiger partial charge in [-0.1, -0.05) is 20.8 Å². The fraction of sp³-hybridized carbons (Fsp3) is 0.975. The number of fused-ring (bicyclic) bond motifs is 1. The van der Waals surface area contributed by atoms with E-state index in [4.69, 9.17) is 33.2 Å². The number of methoxy groups -OCH3 is 1. The van der Waals surface area contributed by atoms with Crippen LogP contribution in [0.3, 0.4) is 0 Å². The van der Waals surface area contributed by atoms with Gasteiger partial charge in [0.05, 0.1) is 35.9 Å². The molecule has 0 amide bonds. The van der Waals surface area contributed by atoms with Gasteiger partial charge in [-0.3, -0.25) is 9.69 Å². The number of ether oxygens (including phenoxy) is 7. The van der Waals surface area contributed by atoms with E-state index >= 15 is 0 Å². The van der Waals surface area contributed by atoms with Crippen molar-refractivity contribution < 1.29 is 71.5 Å². The Hall–Kier alpha value is -1.26. The van der Waals surface area contributed by atoms with E-state index in [-0.39, 0.29) is 44.7 Å². The lowest BCUT2D eigenvalue weighted by Gasteiger charge is -2.53. The predicted molar refractivity (Wildman–Crippen MR) is 205 cm³/mol. The molecule has 4 rings (SSSR count). The number of likely N-dealkylation sites (N-methyl/N-ethyl adjacent to an activating group) is 2. The molecule has 0 aromatic rings. The van der Waals surface area contributed by atoms with Gasteiger partial charge >= 0.3 is 12.1 Å². The fourth-order valence-electron chi connectivity index (χ4n) is 9.77. The van der Waals surface area contributed by atoms with Gasteiger partial charge in [-0.25, -0.2) is 0 Å². The van der Waals surface area contributed by atoms with Gasteiger partial charge in [0, 0.05) is 38.1 Å². The molecule has 19 atom stereocenters. The van der Waals surface area contributed by atoms with Crippen LogP contribution in [0.1, 0.15) is 94.9 Å². The van der Waals surface area contributed by atoms with Gasteiger partial charge in [-0.05, 0) is 94.3 Å². The maximum Gasteiger partial charge on any atom is 0.428 e. The van der Waals surface area contributed by atoms with Crippen molar-refractivity contribution in [1.82, 2.24) is 15.5 Å². The monoisotopic (exact) mass is 844 g/mol. The topological polar surface area (TPSA) is 190 Å². The summed E-state index contributed by atoms with van der Waals surface area (Å²) in [6, 6.07) is -1.40. The van der Waals surface area contributed by atoms with Crippen LogP contribution < -0.4 is 10.6 Å². The molecule has 0 aromatic carbocycles. The van der Waals surface area contributed by atoms with Crippen LogP contribution in [0.2, 0.25) is 0 Å². The summed E-state index contributed by atoms with van der Waals surface area (Å²) >= 11 is 0. The molecule has 340 valence electrons. The number of nitrogens with zero attached hydrogens (tertiary/aromatic N) is 1. The third-order valence-electron chi connectivity index (χ3n) is 13.4. The van der Waals surface area contributed by atoms with Gasteiger partial charge in [0.2, 0.25) is 6.23 Å². The molecule has 4 heterocycles. The first-order valence-corrected chi connectivity index (χ1v) is 20.7. The summed E-state index contributed by atoms with van der Waals surface area (Å²) in [5.74, 6) is -3.16. The zero-order chi connectivity index (χ0) is 43.9. The Kier molecular flexibility index (Phi) is 15.8. The Bertz CT molecular complexity index is 1370. The van der Waals surface area contributed by atoms with E-state index in [9.17, 15) is 38.4 Å². The fourth-order valence-corrected chi connectivity index (χ4v) is 9.77. The normalized spacial score (nSPS) is 49.4. The smallest absolute Gasteiger partial charge is 0.428 e. The summed E-state index contributed by atoms with van der Waals surface area (Å²) in [6.45, 7) is 17.1. The number of carbonyl (C=O) groups excluding carboxylic acids is 1. The largest absolute Gasteiger partial charge is 0.459 e. The van der Waals surface area contributed by atoms with Crippen molar-refractivity contribution in [2.24, 2.45) is 17.8 Å². The Balaban J connectivity index is 1.83. The maximum atomic E-state index is 14.3. The molecule has 0 aromatic heterocycles. The molecule has 0 aliphatic carbocycles. The van der Waals surface area contributed by atoms with Crippen molar-refractivity contribution in [3.8, 4) is 0 Å². The number of nitrogens with one attached hydrogen (secondary N) is 2. The zero-order valence-corrected chi connectivity index (χ0v) is 36.5. The number of hydrogen-bond acceptors (Lipinski definition) is 15. The third kappa shape index (κ3) is 10.00. The summed E-state index contributed by atoms with van der Waals surface area (Å²) in [5.41, 5.74) is -6.34. The number of cyclic esters (lactones) is 1. The van der Waals surface area contributed by atoms with Crippen LogP contribution in [0.25, 0.3) is 0 Å². The van der Waals surface area contributed by atoms with Crippen LogP contribution in [-0.4, -0.2) is 168 Å². The Morgan fingerprint density at radius 3 is 2.21 bits per heavy atom. The van der Waals surface area contributed by atoms with Crippen LogP contribution >= 0.6 is 0 Å². The van der Waals surface area contributed by atoms with Gasteiger partial charge in [-0.15, -0.1) is 0 Å². The molecule has 4 saturated heterocycles. The average molecular weight is 844 g/mol. The highest BCUT2D eigenvalue weighted by molar-refractivity contribution is 5.73. The SMILES string of the molecule is CC[C@H]1OC(=O)[C@H](C)[C@@H](O[C@H]2C[C@@](C)(OC)[C@](O)(CNC)[C@H](C)O2)[C@H](C)[C@@H](O[C@@H]2O[C@H](C)C[C@H]3[C@H]2OC(C(F)(F)F)N3C)[C@](C)(O)C[C@@H](C)CN[C@H](C)[C@@H](O)[C@]1(C)O. The minimum Gasteiger partial charge on any atom is -0.459 e. The molecule has 18 heteroatoms. The lowest BCUT2D eigenvalue weighted by atomic mass is 9.75. The van der Waals surface area contributed by atoms with Gasteiger partial charge in [-0.2, -0.15) is 13.2 Å². The minimum absolute atomic E-state index is 0.00398. The van der Waals surface area contributed by atoms with Crippen molar-refractivity contribution in [3.05, 3.63) is 0 Å². The quantitative estimate of drug-likeness (QED) is 0.196. The highest BCUT2D eigenvalue weighted by Gasteiger charge is 2.60. The first kappa shape index (κ1) is 49.4. The van der Waals surface area contributed by atoms with Crippen molar-refractivity contribution in [1.29, 1.82) is 0 Å². The second kappa shape index (κ2) is 18.6. The molecule has 58 heavy (non-hydrogen) atoms. The zero-order valence-electron chi connectivity index (χ0n) is 36.5. The lowest BCUT2D eigenvalue weighted by molar-refractivity contribution is -0.336. The molecule has 4 aliphatic rings. The molecule has 0 bridgehead atoms. The summed E-state index contributed by atoms with van der Waals surface area (Å²) < 4.78 is 86.1. The van der Waals surface area contributed by atoms with Crippen LogP contribution in [0.5, 0.6) is 0 Å². The minimum atomic E-state index is -4.70. The Labute approximate surface area is 341 Å². The lowest BCUT2D eigenvalue weighted by Crippen LogP contribution is -2.69. The van der Waals surface area contributed by atoms with Gasteiger partial charge in [0.15, 0.2) is 12.6 Å². The van der Waals surface area contributed by atoms with Crippen LogP contribution in [0, 0.1) is 17.8 Å². The maximum absolute atomic E-state index is 14.3. The molecule has 15 nitrogen and oxygen atoms in total. The van der Waals surface area contributed by atoms with Crippen molar-refractivity contribution in [3.63, 3.8) is 0 Å². The third-order valence-corrected chi connectivity index (χ3v) is 13.4. The van der Waals surface area contributed by atoms with E-state index in [2.05, 4.69) is 10.6 Å². The summed E-state index contributed by atoms with van der Waals surface area (Å²) in [7, 11) is 4.51. The second-order valence-corrected chi connectivity index (χ2v) is 18.3.